The summed E-state index contributed by atoms with van der Waals surface area (Å²) in [6.07, 6.45) is 4.23. The van der Waals surface area contributed by atoms with E-state index in [0.717, 1.165) is 16.7 Å². The van der Waals surface area contributed by atoms with Crippen LogP contribution in [-0.2, 0) is 6.42 Å². The van der Waals surface area contributed by atoms with Crippen LogP contribution in [-0.4, -0.2) is 12.0 Å². The fraction of sp³-hybridized carbons (Fsp3) is 0.267. The van der Waals surface area contributed by atoms with Crippen LogP contribution in [0.5, 0.6) is 0 Å². The Morgan fingerprint density at radius 3 is 2.84 bits per heavy atom. The number of halogens is 2. The number of hydrogen-bond acceptors (Lipinski definition) is 2. The van der Waals surface area contributed by atoms with Gasteiger partial charge in [0.15, 0.2) is 0 Å². The highest BCUT2D eigenvalue weighted by atomic mass is 35.5. The molecule has 0 spiro atoms. The van der Waals surface area contributed by atoms with Crippen LogP contribution < -0.4 is 5.32 Å². The van der Waals surface area contributed by atoms with Crippen molar-refractivity contribution < 1.29 is 4.39 Å². The van der Waals surface area contributed by atoms with E-state index in [4.69, 9.17) is 11.6 Å². The van der Waals surface area contributed by atoms with Crippen molar-refractivity contribution in [1.82, 2.24) is 10.3 Å². The van der Waals surface area contributed by atoms with Gasteiger partial charge >= 0.3 is 0 Å². The van der Waals surface area contributed by atoms with Gasteiger partial charge in [-0.05, 0) is 49.2 Å². The Labute approximate surface area is 117 Å². The molecule has 0 amide bonds. The van der Waals surface area contributed by atoms with Crippen LogP contribution >= 0.6 is 11.6 Å². The molecular formula is C15H16ClFN2. The zero-order valence-electron chi connectivity index (χ0n) is 11.0. The van der Waals surface area contributed by atoms with Crippen molar-refractivity contribution >= 4 is 11.6 Å². The standard InChI is InChI=1S/C15H16ClFN2/c1-10-9-19-7-6-12(10)14(18-2)8-11-4-3-5-13(17)15(11)16/h3-7,9,14,18H,8H2,1-2H3. The van der Waals surface area contributed by atoms with Crippen LogP contribution in [0.25, 0.3) is 0 Å². The number of likely N-dealkylation sites (N-methyl/N-ethyl adjacent to an activating group) is 1. The van der Waals surface area contributed by atoms with Gasteiger partial charge in [0.25, 0.3) is 0 Å². The van der Waals surface area contributed by atoms with Crippen LogP contribution in [0.1, 0.15) is 22.7 Å². The molecule has 1 unspecified atom stereocenters. The molecule has 0 saturated heterocycles. The fourth-order valence-electron chi connectivity index (χ4n) is 2.17. The van der Waals surface area contributed by atoms with E-state index in [1.54, 1.807) is 12.3 Å². The van der Waals surface area contributed by atoms with Crippen molar-refractivity contribution in [3.05, 3.63) is 64.2 Å². The first kappa shape index (κ1) is 14.0. The molecule has 2 aromatic rings. The summed E-state index contributed by atoms with van der Waals surface area (Å²) in [6, 6.07) is 6.97. The Kier molecular flexibility index (Phi) is 4.51. The van der Waals surface area contributed by atoms with Gasteiger partial charge in [0.1, 0.15) is 5.82 Å². The first-order chi connectivity index (χ1) is 9.13. The average molecular weight is 279 g/mol. The topological polar surface area (TPSA) is 24.9 Å². The molecule has 1 atom stereocenters. The molecule has 19 heavy (non-hydrogen) atoms. The Bertz CT molecular complexity index is 572. The number of nitrogens with one attached hydrogen (secondary N) is 1. The van der Waals surface area contributed by atoms with Crippen LogP contribution in [0.3, 0.4) is 0 Å². The minimum Gasteiger partial charge on any atom is -0.313 e. The van der Waals surface area contributed by atoms with E-state index in [0.29, 0.717) is 6.42 Å². The SMILES string of the molecule is CNC(Cc1cccc(F)c1Cl)c1ccncc1C. The summed E-state index contributed by atoms with van der Waals surface area (Å²) in [5.41, 5.74) is 3.06. The number of nitrogens with zero attached hydrogens (tertiary/aromatic N) is 1. The summed E-state index contributed by atoms with van der Waals surface area (Å²) in [5, 5.41) is 3.45. The molecule has 0 fully saturated rings. The molecule has 0 radical (unpaired) electrons. The zero-order chi connectivity index (χ0) is 13.8. The van der Waals surface area contributed by atoms with Crippen LogP contribution in [0.4, 0.5) is 4.39 Å². The molecule has 100 valence electrons. The van der Waals surface area contributed by atoms with Crippen molar-refractivity contribution in [2.24, 2.45) is 0 Å². The molecule has 2 rings (SSSR count). The Morgan fingerprint density at radius 1 is 1.37 bits per heavy atom. The van der Waals surface area contributed by atoms with E-state index in [2.05, 4.69) is 10.3 Å². The van der Waals surface area contributed by atoms with Crippen molar-refractivity contribution in [3.63, 3.8) is 0 Å². The van der Waals surface area contributed by atoms with Gasteiger partial charge in [0.2, 0.25) is 0 Å². The van der Waals surface area contributed by atoms with Gasteiger partial charge in [0, 0.05) is 18.4 Å². The van der Waals surface area contributed by atoms with E-state index in [9.17, 15) is 4.39 Å². The highest BCUT2D eigenvalue weighted by Crippen LogP contribution is 2.26. The Morgan fingerprint density at radius 2 is 2.16 bits per heavy atom. The molecule has 0 bridgehead atoms. The number of pyridine rings is 1. The van der Waals surface area contributed by atoms with E-state index < -0.39 is 0 Å². The lowest BCUT2D eigenvalue weighted by Crippen LogP contribution is -2.20. The van der Waals surface area contributed by atoms with Crippen molar-refractivity contribution in [2.75, 3.05) is 7.05 Å². The fourth-order valence-corrected chi connectivity index (χ4v) is 2.37. The number of aromatic nitrogens is 1. The van der Waals surface area contributed by atoms with Gasteiger partial charge in [0.05, 0.1) is 5.02 Å². The van der Waals surface area contributed by atoms with Crippen molar-refractivity contribution in [2.45, 2.75) is 19.4 Å². The van der Waals surface area contributed by atoms with Gasteiger partial charge in [-0.1, -0.05) is 23.7 Å². The van der Waals surface area contributed by atoms with Crippen molar-refractivity contribution in [1.29, 1.82) is 0 Å². The van der Waals surface area contributed by atoms with E-state index in [-0.39, 0.29) is 16.9 Å². The summed E-state index contributed by atoms with van der Waals surface area (Å²) in [5.74, 6) is -0.375. The van der Waals surface area contributed by atoms with Crippen molar-refractivity contribution in [3.8, 4) is 0 Å². The predicted molar refractivity (Wildman–Crippen MR) is 75.9 cm³/mol. The molecular weight excluding hydrogens is 263 g/mol. The number of benzene rings is 1. The molecule has 2 nitrogen and oxygen atoms in total. The van der Waals surface area contributed by atoms with E-state index in [1.165, 1.54) is 6.07 Å². The molecule has 1 N–H and O–H groups in total. The number of hydrogen-bond donors (Lipinski definition) is 1. The second-order valence-electron chi connectivity index (χ2n) is 4.49. The number of rotatable bonds is 4. The largest absolute Gasteiger partial charge is 0.313 e. The van der Waals surface area contributed by atoms with E-state index >= 15 is 0 Å². The Balaban J connectivity index is 2.30. The van der Waals surface area contributed by atoms with E-state index in [1.807, 2.05) is 32.3 Å². The molecule has 0 aliphatic heterocycles. The monoisotopic (exact) mass is 278 g/mol. The normalized spacial score (nSPS) is 12.4. The van der Waals surface area contributed by atoms with Crippen LogP contribution in [0, 0.1) is 12.7 Å². The van der Waals surface area contributed by atoms with Crippen LogP contribution in [0.2, 0.25) is 5.02 Å². The predicted octanol–water partition coefficient (Wildman–Crippen LogP) is 3.69. The lowest BCUT2D eigenvalue weighted by atomic mass is 9.97. The first-order valence-electron chi connectivity index (χ1n) is 6.14. The highest BCUT2D eigenvalue weighted by Gasteiger charge is 2.15. The maximum Gasteiger partial charge on any atom is 0.142 e. The van der Waals surface area contributed by atoms with Gasteiger partial charge in [-0.3, -0.25) is 4.98 Å². The second kappa shape index (κ2) is 6.13. The van der Waals surface area contributed by atoms with Gasteiger partial charge in [-0.25, -0.2) is 4.39 Å². The minimum atomic E-state index is -0.375. The third-order valence-electron chi connectivity index (χ3n) is 3.24. The average Bonchev–Trinajstić information content (AvgIpc) is 2.41. The quantitative estimate of drug-likeness (QED) is 0.923. The molecule has 1 aromatic heterocycles. The third kappa shape index (κ3) is 3.11. The summed E-state index contributed by atoms with van der Waals surface area (Å²) in [6.45, 7) is 2.01. The molecule has 1 aromatic carbocycles. The molecule has 1 heterocycles. The summed E-state index contributed by atoms with van der Waals surface area (Å²) >= 11 is 6.01. The summed E-state index contributed by atoms with van der Waals surface area (Å²) in [7, 11) is 1.89. The van der Waals surface area contributed by atoms with Gasteiger partial charge in [-0.2, -0.15) is 0 Å². The lowest BCUT2D eigenvalue weighted by Gasteiger charge is -2.19. The summed E-state index contributed by atoms with van der Waals surface area (Å²) in [4.78, 5) is 4.09. The maximum atomic E-state index is 13.5. The number of aryl methyl sites for hydroxylation is 1. The first-order valence-corrected chi connectivity index (χ1v) is 6.52. The highest BCUT2D eigenvalue weighted by molar-refractivity contribution is 6.31. The molecule has 0 aliphatic carbocycles. The summed E-state index contributed by atoms with van der Waals surface area (Å²) < 4.78 is 13.5. The molecule has 4 heteroatoms. The Hall–Kier alpha value is -1.45. The third-order valence-corrected chi connectivity index (χ3v) is 3.67. The molecule has 0 aliphatic rings. The smallest absolute Gasteiger partial charge is 0.142 e. The lowest BCUT2D eigenvalue weighted by molar-refractivity contribution is 0.581. The van der Waals surface area contributed by atoms with Gasteiger partial charge in [-0.15, -0.1) is 0 Å². The molecule has 0 saturated carbocycles. The minimum absolute atomic E-state index is 0.0855. The second-order valence-corrected chi connectivity index (χ2v) is 4.87. The van der Waals surface area contributed by atoms with Crippen LogP contribution in [0.15, 0.2) is 36.7 Å². The maximum absolute atomic E-state index is 13.5. The van der Waals surface area contributed by atoms with Gasteiger partial charge < -0.3 is 5.32 Å². The zero-order valence-corrected chi connectivity index (χ0v) is 11.7.